The van der Waals surface area contributed by atoms with E-state index in [0.717, 1.165) is 4.90 Å². The average molecular weight is 706 g/mol. The summed E-state index contributed by atoms with van der Waals surface area (Å²) in [7, 11) is 0. The van der Waals surface area contributed by atoms with Crippen LogP contribution in [0.2, 0.25) is 0 Å². The monoisotopic (exact) mass is 705 g/mol. The molecule has 5 rings (SSSR count). The van der Waals surface area contributed by atoms with Gasteiger partial charge in [0, 0.05) is 24.4 Å². The minimum Gasteiger partial charge on any atom is -0.504 e. The maximum atomic E-state index is 13.6. The Hall–Kier alpha value is -5.44. The lowest BCUT2D eigenvalue weighted by Crippen LogP contribution is -2.68. The van der Waals surface area contributed by atoms with Gasteiger partial charge in [0.2, 0.25) is 17.7 Å². The van der Waals surface area contributed by atoms with E-state index in [9.17, 15) is 44.4 Å². The number of thioether (sulfide) groups is 1. The summed E-state index contributed by atoms with van der Waals surface area (Å²) in [4.78, 5) is 68.9. The summed E-state index contributed by atoms with van der Waals surface area (Å²) in [6, 6.07) is 14.4. The molecule has 5 amide bonds. The number of carbonyl (C=O) groups is 5. The lowest BCUT2D eigenvalue weighted by Gasteiger charge is -2.42. The molecule has 1 unspecified atom stereocenters. The van der Waals surface area contributed by atoms with Crippen molar-refractivity contribution in [3.8, 4) is 23.0 Å². The van der Waals surface area contributed by atoms with Gasteiger partial charge in [-0.05, 0) is 56.5 Å². The van der Waals surface area contributed by atoms with Crippen molar-refractivity contribution in [3.63, 3.8) is 0 Å². The van der Waals surface area contributed by atoms with Crippen molar-refractivity contribution in [1.29, 1.82) is 0 Å². The van der Waals surface area contributed by atoms with Crippen molar-refractivity contribution in [1.82, 2.24) is 25.8 Å². The fraction of sp³-hybridized carbons (Fsp3) is 0.343. The zero-order valence-corrected chi connectivity index (χ0v) is 28.3. The molecule has 2 aliphatic rings. The highest BCUT2D eigenvalue weighted by atomic mass is 32.2. The number of benzene rings is 3. The number of hydrogen-bond donors (Lipinski definition) is 7. The van der Waals surface area contributed by atoms with E-state index in [1.54, 1.807) is 47.0 Å². The molecule has 0 spiro atoms. The third-order valence-electron chi connectivity index (χ3n) is 8.40. The van der Waals surface area contributed by atoms with E-state index in [0.29, 0.717) is 18.5 Å². The molecule has 0 bridgehead atoms. The number of nitrogens with zero attached hydrogens (tertiary/aromatic N) is 2. The number of hydrogen-bond acceptors (Lipinski definition) is 10. The normalized spacial score (nSPS) is 18.0. The molecule has 14 nitrogen and oxygen atoms in total. The maximum absolute atomic E-state index is 13.6. The molecule has 3 atom stereocenters. The molecule has 7 N–H and O–H groups in total. The van der Waals surface area contributed by atoms with Crippen LogP contribution in [0.15, 0.2) is 66.7 Å². The zero-order valence-electron chi connectivity index (χ0n) is 27.5. The fourth-order valence-electron chi connectivity index (χ4n) is 5.86. The highest BCUT2D eigenvalue weighted by Gasteiger charge is 2.56. The van der Waals surface area contributed by atoms with Gasteiger partial charge in [-0.2, -0.15) is 0 Å². The van der Waals surface area contributed by atoms with E-state index in [1.165, 1.54) is 36.4 Å². The molecule has 15 heteroatoms. The molecule has 2 aliphatic heterocycles. The molecular weight excluding hydrogens is 666 g/mol. The Labute approximate surface area is 292 Å². The van der Waals surface area contributed by atoms with Crippen LogP contribution in [0.5, 0.6) is 23.0 Å². The summed E-state index contributed by atoms with van der Waals surface area (Å²) in [5.74, 6) is -5.04. The molecule has 50 heavy (non-hydrogen) atoms. The van der Waals surface area contributed by atoms with Crippen molar-refractivity contribution in [2.24, 2.45) is 0 Å². The van der Waals surface area contributed by atoms with Crippen LogP contribution >= 0.6 is 11.8 Å². The van der Waals surface area contributed by atoms with Crippen LogP contribution in [0.3, 0.4) is 0 Å². The Morgan fingerprint density at radius 1 is 0.900 bits per heavy atom. The molecule has 2 saturated heterocycles. The quantitative estimate of drug-likeness (QED) is 0.0784. The van der Waals surface area contributed by atoms with Gasteiger partial charge in [0.05, 0.1) is 17.7 Å². The van der Waals surface area contributed by atoms with Crippen LogP contribution in [0, 0.1) is 0 Å². The van der Waals surface area contributed by atoms with E-state index in [2.05, 4.69) is 16.0 Å². The largest absolute Gasteiger partial charge is 0.504 e. The summed E-state index contributed by atoms with van der Waals surface area (Å²) in [6.45, 7) is 4.20. The SMILES string of the molecule is CC1(C)CN2C(=O)[C@@H](NC(=O)[C@H](NC(=O)CN(CCCCNC(=O)c3cccc(O)c3O)C(=O)c3cccc(O)c3O)c3ccccc3)C2S1. The Kier molecular flexibility index (Phi) is 10.7. The first-order valence-corrected chi connectivity index (χ1v) is 16.9. The summed E-state index contributed by atoms with van der Waals surface area (Å²) >= 11 is 1.59. The molecule has 2 fully saturated rings. The second-order valence-electron chi connectivity index (χ2n) is 12.7. The van der Waals surface area contributed by atoms with Crippen molar-refractivity contribution < 1.29 is 44.4 Å². The first-order valence-electron chi connectivity index (χ1n) is 16.0. The molecule has 3 aromatic carbocycles. The lowest BCUT2D eigenvalue weighted by molar-refractivity contribution is -0.148. The maximum Gasteiger partial charge on any atom is 0.258 e. The average Bonchev–Trinajstić information content (AvgIpc) is 3.38. The van der Waals surface area contributed by atoms with E-state index in [1.807, 2.05) is 13.8 Å². The molecular formula is C35H39N5O9S. The summed E-state index contributed by atoms with van der Waals surface area (Å²) < 4.78 is -0.159. The van der Waals surface area contributed by atoms with Gasteiger partial charge in [0.25, 0.3) is 11.8 Å². The number of nitrogens with one attached hydrogen (secondary N) is 3. The summed E-state index contributed by atoms with van der Waals surface area (Å²) in [5, 5.41) is 47.9. The summed E-state index contributed by atoms with van der Waals surface area (Å²) in [6.07, 6.45) is 0.614. The molecule has 0 aromatic heterocycles. The molecule has 0 saturated carbocycles. The smallest absolute Gasteiger partial charge is 0.258 e. The Morgan fingerprint density at radius 3 is 2.22 bits per heavy atom. The molecule has 0 aliphatic carbocycles. The van der Waals surface area contributed by atoms with Gasteiger partial charge in [-0.3, -0.25) is 24.0 Å². The van der Waals surface area contributed by atoms with Crippen molar-refractivity contribution >= 4 is 41.3 Å². The third kappa shape index (κ3) is 7.88. The van der Waals surface area contributed by atoms with E-state index in [4.69, 9.17) is 0 Å². The van der Waals surface area contributed by atoms with Gasteiger partial charge < -0.3 is 46.2 Å². The molecule has 3 aromatic rings. The van der Waals surface area contributed by atoms with Crippen molar-refractivity contribution in [2.75, 3.05) is 26.2 Å². The fourth-order valence-corrected chi connectivity index (χ4v) is 7.35. The van der Waals surface area contributed by atoms with Gasteiger partial charge in [-0.25, -0.2) is 0 Å². The molecule has 0 radical (unpaired) electrons. The number of aromatic hydroxyl groups is 4. The predicted octanol–water partition coefficient (Wildman–Crippen LogP) is 2.20. The van der Waals surface area contributed by atoms with Crippen molar-refractivity contribution in [3.05, 3.63) is 83.4 Å². The lowest BCUT2D eigenvalue weighted by atomic mass is 10.0. The van der Waals surface area contributed by atoms with Crippen molar-refractivity contribution in [2.45, 2.75) is 48.9 Å². The number of phenols is 4. The van der Waals surface area contributed by atoms with Crippen LogP contribution in [-0.2, 0) is 14.4 Å². The van der Waals surface area contributed by atoms with Crippen LogP contribution < -0.4 is 16.0 Å². The Bertz CT molecular complexity index is 1790. The third-order valence-corrected chi connectivity index (χ3v) is 9.93. The predicted molar refractivity (Wildman–Crippen MR) is 183 cm³/mol. The van der Waals surface area contributed by atoms with Crippen LogP contribution in [-0.4, -0.2) is 102 Å². The number of fused-ring (bicyclic) bond motifs is 1. The second-order valence-corrected chi connectivity index (χ2v) is 14.5. The minimum atomic E-state index is -1.19. The Morgan fingerprint density at radius 2 is 1.54 bits per heavy atom. The van der Waals surface area contributed by atoms with Crippen LogP contribution in [0.25, 0.3) is 0 Å². The topological polar surface area (TPSA) is 209 Å². The summed E-state index contributed by atoms with van der Waals surface area (Å²) in [5.41, 5.74) is 0.103. The number of unbranched alkanes of at least 4 members (excludes halogenated alkanes) is 1. The first-order chi connectivity index (χ1) is 23.8. The van der Waals surface area contributed by atoms with Gasteiger partial charge in [-0.1, -0.05) is 42.5 Å². The minimum absolute atomic E-state index is 0.0160. The number of para-hydroxylation sites is 2. The van der Waals surface area contributed by atoms with Gasteiger partial charge in [-0.15, -0.1) is 11.8 Å². The van der Waals surface area contributed by atoms with E-state index >= 15 is 0 Å². The number of rotatable bonds is 13. The number of carbonyl (C=O) groups excluding carboxylic acids is 5. The highest BCUT2D eigenvalue weighted by Crippen LogP contribution is 2.46. The Balaban J connectivity index is 1.26. The zero-order chi connectivity index (χ0) is 36.2. The van der Waals surface area contributed by atoms with Gasteiger partial charge in [0.1, 0.15) is 17.5 Å². The second kappa shape index (κ2) is 15.0. The van der Waals surface area contributed by atoms with E-state index < -0.39 is 65.3 Å². The first kappa shape index (κ1) is 35.9. The number of β-lactam (4-membered cyclic amide) rings is 1. The molecule has 2 heterocycles. The van der Waals surface area contributed by atoms with Crippen LogP contribution in [0.4, 0.5) is 0 Å². The number of amides is 5. The van der Waals surface area contributed by atoms with Crippen LogP contribution in [0.1, 0.15) is 59.0 Å². The standard InChI is InChI=1S/C35H39N5O9S/c1-35(2)19-40-33(49)27(34(40)50-35)38-31(47)26(20-10-4-3-5-11-20)37-25(43)18-39(32(48)22-13-9-15-24(42)29(22)45)17-7-6-16-36-30(46)21-12-8-14-23(41)28(21)44/h3-5,8-15,26-27,34,41-42,44-45H,6-7,16-19H2,1-2H3,(H,36,46)(H,37,43)(H,38,47)/t26-,27-,34?/m1/s1. The molecule has 264 valence electrons. The highest BCUT2D eigenvalue weighted by molar-refractivity contribution is 8.01. The van der Waals surface area contributed by atoms with Gasteiger partial charge >= 0.3 is 0 Å². The van der Waals surface area contributed by atoms with E-state index in [-0.39, 0.29) is 46.7 Å². The van der Waals surface area contributed by atoms with Gasteiger partial charge in [0.15, 0.2) is 23.0 Å². The number of phenolic OH excluding ortho intramolecular Hbond substituents is 4.